The molecule has 0 heterocycles. The van der Waals surface area contributed by atoms with Gasteiger partial charge < -0.3 is 15.0 Å². The monoisotopic (exact) mass is 383 g/mol. The van der Waals surface area contributed by atoms with Crippen LogP contribution in [-0.4, -0.2) is 41.9 Å². The second kappa shape index (κ2) is 10.5. The first kappa shape index (κ1) is 21.5. The first-order chi connectivity index (χ1) is 13.5. The SMILES string of the molecule is CCN(CC)C(=O)C1(NC(=O)C=Cc2ccc(OCC#N)cc2)CCCCC1. The van der Waals surface area contributed by atoms with Crippen LogP contribution < -0.4 is 10.1 Å². The van der Waals surface area contributed by atoms with Crippen LogP contribution in [0.15, 0.2) is 30.3 Å². The van der Waals surface area contributed by atoms with Crippen LogP contribution in [0.3, 0.4) is 0 Å². The predicted molar refractivity (Wildman–Crippen MR) is 108 cm³/mol. The van der Waals surface area contributed by atoms with Gasteiger partial charge in [0.1, 0.15) is 17.4 Å². The van der Waals surface area contributed by atoms with Gasteiger partial charge in [-0.05, 0) is 50.5 Å². The van der Waals surface area contributed by atoms with Gasteiger partial charge in [0, 0.05) is 19.2 Å². The summed E-state index contributed by atoms with van der Waals surface area (Å²) < 4.78 is 5.21. The largest absolute Gasteiger partial charge is 0.479 e. The van der Waals surface area contributed by atoms with Gasteiger partial charge in [-0.1, -0.05) is 31.4 Å². The summed E-state index contributed by atoms with van der Waals surface area (Å²) in [5.74, 6) is 0.374. The number of nitriles is 1. The maximum absolute atomic E-state index is 13.1. The van der Waals surface area contributed by atoms with E-state index in [1.165, 1.54) is 6.08 Å². The number of amides is 2. The third-order valence-electron chi connectivity index (χ3n) is 5.14. The minimum absolute atomic E-state index is 0.000239. The maximum atomic E-state index is 13.1. The highest BCUT2D eigenvalue weighted by Crippen LogP contribution is 2.30. The highest BCUT2D eigenvalue weighted by molar-refractivity contribution is 5.97. The molecule has 1 saturated carbocycles. The van der Waals surface area contributed by atoms with E-state index in [1.54, 1.807) is 23.1 Å². The number of nitrogens with one attached hydrogen (secondary N) is 1. The molecule has 1 aromatic carbocycles. The Balaban J connectivity index is 2.06. The average Bonchev–Trinajstić information content (AvgIpc) is 2.73. The van der Waals surface area contributed by atoms with E-state index in [-0.39, 0.29) is 18.4 Å². The smallest absolute Gasteiger partial charge is 0.248 e. The fourth-order valence-electron chi connectivity index (χ4n) is 3.60. The molecule has 6 heteroatoms. The van der Waals surface area contributed by atoms with Crippen molar-refractivity contribution >= 4 is 17.9 Å². The number of hydrogen-bond acceptors (Lipinski definition) is 4. The van der Waals surface area contributed by atoms with Gasteiger partial charge in [0.2, 0.25) is 11.8 Å². The van der Waals surface area contributed by atoms with Gasteiger partial charge in [-0.2, -0.15) is 5.26 Å². The molecule has 0 aromatic heterocycles. The van der Waals surface area contributed by atoms with Crippen LogP contribution >= 0.6 is 0 Å². The molecule has 0 saturated heterocycles. The van der Waals surface area contributed by atoms with E-state index in [0.717, 1.165) is 24.8 Å². The van der Waals surface area contributed by atoms with Crippen LogP contribution in [0.1, 0.15) is 51.5 Å². The molecule has 0 spiro atoms. The van der Waals surface area contributed by atoms with Crippen LogP contribution in [0.5, 0.6) is 5.75 Å². The molecule has 6 nitrogen and oxygen atoms in total. The lowest BCUT2D eigenvalue weighted by Crippen LogP contribution is -2.60. The number of likely N-dealkylation sites (N-methyl/N-ethyl adjacent to an activating group) is 1. The van der Waals surface area contributed by atoms with Crippen LogP contribution in [0.25, 0.3) is 6.08 Å². The zero-order valence-electron chi connectivity index (χ0n) is 16.7. The highest BCUT2D eigenvalue weighted by Gasteiger charge is 2.42. The zero-order valence-corrected chi connectivity index (χ0v) is 16.7. The van der Waals surface area contributed by atoms with Crippen LogP contribution in [-0.2, 0) is 9.59 Å². The molecule has 1 fully saturated rings. The Morgan fingerprint density at radius 1 is 1.18 bits per heavy atom. The molecule has 0 radical (unpaired) electrons. The van der Waals surface area contributed by atoms with Crippen molar-refractivity contribution in [3.63, 3.8) is 0 Å². The van der Waals surface area contributed by atoms with E-state index >= 15 is 0 Å². The lowest BCUT2D eigenvalue weighted by Gasteiger charge is -2.39. The molecule has 1 aromatic rings. The first-order valence-corrected chi connectivity index (χ1v) is 9.94. The van der Waals surface area contributed by atoms with Gasteiger partial charge in [-0.25, -0.2) is 0 Å². The third kappa shape index (κ3) is 5.59. The summed E-state index contributed by atoms with van der Waals surface area (Å²) in [4.78, 5) is 27.4. The van der Waals surface area contributed by atoms with Crippen molar-refractivity contribution < 1.29 is 14.3 Å². The molecule has 1 aliphatic rings. The van der Waals surface area contributed by atoms with Gasteiger partial charge in [0.25, 0.3) is 0 Å². The molecule has 2 rings (SSSR count). The summed E-state index contributed by atoms with van der Waals surface area (Å²) in [6, 6.07) is 9.05. The van der Waals surface area contributed by atoms with Crippen LogP contribution in [0.2, 0.25) is 0 Å². The van der Waals surface area contributed by atoms with Crippen molar-refractivity contribution in [2.45, 2.75) is 51.5 Å². The van der Waals surface area contributed by atoms with Crippen molar-refractivity contribution in [2.24, 2.45) is 0 Å². The highest BCUT2D eigenvalue weighted by atomic mass is 16.5. The molecule has 0 unspecified atom stereocenters. The molecule has 0 aliphatic heterocycles. The molecule has 2 amide bonds. The fraction of sp³-hybridized carbons (Fsp3) is 0.500. The Hall–Kier alpha value is -2.81. The minimum Gasteiger partial charge on any atom is -0.479 e. The molecule has 150 valence electrons. The van der Waals surface area contributed by atoms with E-state index in [2.05, 4.69) is 5.32 Å². The Morgan fingerprint density at radius 3 is 2.39 bits per heavy atom. The van der Waals surface area contributed by atoms with Crippen LogP contribution in [0, 0.1) is 11.3 Å². The number of hydrogen-bond donors (Lipinski definition) is 1. The Morgan fingerprint density at radius 2 is 1.82 bits per heavy atom. The van der Waals surface area contributed by atoms with Crippen molar-refractivity contribution in [1.82, 2.24) is 10.2 Å². The number of benzene rings is 1. The van der Waals surface area contributed by atoms with Gasteiger partial charge in [-0.3, -0.25) is 9.59 Å². The van der Waals surface area contributed by atoms with Gasteiger partial charge in [0.05, 0.1) is 0 Å². The van der Waals surface area contributed by atoms with Crippen LogP contribution in [0.4, 0.5) is 0 Å². The summed E-state index contributed by atoms with van der Waals surface area (Å²) in [6.45, 7) is 5.21. The quantitative estimate of drug-likeness (QED) is 0.698. The molecule has 1 aliphatic carbocycles. The van der Waals surface area contributed by atoms with E-state index < -0.39 is 5.54 Å². The molecule has 0 bridgehead atoms. The van der Waals surface area contributed by atoms with Crippen molar-refractivity contribution in [3.05, 3.63) is 35.9 Å². The first-order valence-electron chi connectivity index (χ1n) is 9.94. The second-order valence-corrected chi connectivity index (χ2v) is 6.96. The third-order valence-corrected chi connectivity index (χ3v) is 5.14. The molecule has 28 heavy (non-hydrogen) atoms. The van der Waals surface area contributed by atoms with Crippen molar-refractivity contribution in [1.29, 1.82) is 5.26 Å². The maximum Gasteiger partial charge on any atom is 0.248 e. The number of nitrogens with zero attached hydrogens (tertiary/aromatic N) is 2. The molecule has 1 N–H and O–H groups in total. The Bertz CT molecular complexity index is 724. The van der Waals surface area contributed by atoms with E-state index in [4.69, 9.17) is 10.00 Å². The van der Waals surface area contributed by atoms with E-state index in [9.17, 15) is 9.59 Å². The fourth-order valence-corrected chi connectivity index (χ4v) is 3.60. The zero-order chi connectivity index (χ0) is 20.4. The predicted octanol–water partition coefficient (Wildman–Crippen LogP) is 3.29. The van der Waals surface area contributed by atoms with Gasteiger partial charge in [0.15, 0.2) is 6.61 Å². The number of rotatable bonds is 8. The summed E-state index contributed by atoms with van der Waals surface area (Å²) in [5, 5.41) is 11.5. The summed E-state index contributed by atoms with van der Waals surface area (Å²) in [5.41, 5.74) is 0.0490. The van der Waals surface area contributed by atoms with Gasteiger partial charge in [-0.15, -0.1) is 0 Å². The number of carbonyl (C=O) groups is 2. The van der Waals surface area contributed by atoms with E-state index in [1.807, 2.05) is 32.0 Å². The molecule has 0 atom stereocenters. The normalized spacial score (nSPS) is 15.6. The van der Waals surface area contributed by atoms with Crippen molar-refractivity contribution in [2.75, 3.05) is 19.7 Å². The standard InChI is InChI=1S/C22H29N3O3/c1-3-25(4-2)21(27)22(14-6-5-7-15-22)24-20(26)13-10-18-8-11-19(12-9-18)28-17-16-23/h8-13H,3-7,14-15,17H2,1-2H3,(H,24,26). The molecular formula is C22H29N3O3. The Kier molecular flexibility index (Phi) is 8.06. The summed E-state index contributed by atoms with van der Waals surface area (Å²) >= 11 is 0. The molecular weight excluding hydrogens is 354 g/mol. The van der Waals surface area contributed by atoms with Crippen molar-refractivity contribution in [3.8, 4) is 11.8 Å². The lowest BCUT2D eigenvalue weighted by atomic mass is 9.80. The van der Waals surface area contributed by atoms with Gasteiger partial charge >= 0.3 is 0 Å². The summed E-state index contributed by atoms with van der Waals surface area (Å²) in [6.07, 6.45) is 7.54. The lowest BCUT2D eigenvalue weighted by molar-refractivity contribution is -0.142. The number of carbonyl (C=O) groups excluding carboxylic acids is 2. The van der Waals surface area contributed by atoms with E-state index in [0.29, 0.717) is 31.7 Å². The minimum atomic E-state index is -0.791. The topological polar surface area (TPSA) is 82.4 Å². The summed E-state index contributed by atoms with van der Waals surface area (Å²) in [7, 11) is 0. The Labute approximate surface area is 167 Å². The second-order valence-electron chi connectivity index (χ2n) is 6.96. The number of ether oxygens (including phenoxy) is 1. The average molecular weight is 383 g/mol.